The van der Waals surface area contributed by atoms with E-state index in [1.807, 2.05) is 13.1 Å². The molecule has 0 aromatic carbocycles. The Morgan fingerprint density at radius 1 is 1.20 bits per heavy atom. The van der Waals surface area contributed by atoms with Crippen LogP contribution in [0.15, 0.2) is 18.3 Å². The Labute approximate surface area is 122 Å². The number of hydrogen-bond donors (Lipinski definition) is 1. The lowest BCUT2D eigenvalue weighted by Gasteiger charge is -2.63. The first-order chi connectivity index (χ1) is 9.48. The van der Waals surface area contributed by atoms with Crippen molar-refractivity contribution in [3.8, 4) is 0 Å². The number of pyridine rings is 1. The molecule has 108 valence electrons. The minimum absolute atomic E-state index is 0.181. The Morgan fingerprint density at radius 2 is 1.90 bits per heavy atom. The first-order valence-electron chi connectivity index (χ1n) is 8.16. The van der Waals surface area contributed by atoms with E-state index in [0.717, 1.165) is 17.5 Å². The number of hydrogen-bond acceptors (Lipinski definition) is 2. The van der Waals surface area contributed by atoms with Crippen LogP contribution in [0, 0.1) is 29.6 Å². The van der Waals surface area contributed by atoms with Crippen molar-refractivity contribution in [2.45, 2.75) is 58.4 Å². The molecule has 2 nitrogen and oxygen atoms in total. The molecule has 0 amide bonds. The van der Waals surface area contributed by atoms with Gasteiger partial charge in [-0.3, -0.25) is 4.98 Å². The zero-order chi connectivity index (χ0) is 14.0. The lowest BCUT2D eigenvalue weighted by Crippen LogP contribution is -2.54. The summed E-state index contributed by atoms with van der Waals surface area (Å²) >= 11 is 0. The quantitative estimate of drug-likeness (QED) is 0.882. The Morgan fingerprint density at radius 3 is 2.45 bits per heavy atom. The van der Waals surface area contributed by atoms with Crippen molar-refractivity contribution in [2.24, 2.45) is 28.4 Å². The average Bonchev–Trinajstić information content (AvgIpc) is 2.36. The van der Waals surface area contributed by atoms with Gasteiger partial charge in [-0.15, -0.1) is 0 Å². The maximum Gasteiger partial charge on any atom is 0.0372 e. The average molecular weight is 270 g/mol. The molecule has 2 N–H and O–H groups in total. The molecule has 4 saturated carbocycles. The van der Waals surface area contributed by atoms with Crippen LogP contribution in [0.4, 0.5) is 0 Å². The lowest BCUT2D eigenvalue weighted by atomic mass is 9.43. The maximum absolute atomic E-state index is 6.76. The fourth-order valence-corrected chi connectivity index (χ4v) is 6.18. The highest BCUT2D eigenvalue weighted by atomic mass is 14.8. The summed E-state index contributed by atoms with van der Waals surface area (Å²) in [6, 6.07) is 4.49. The highest BCUT2D eigenvalue weighted by Crippen LogP contribution is 2.67. The predicted molar refractivity (Wildman–Crippen MR) is 81.1 cm³/mol. The molecule has 0 aliphatic heterocycles. The largest absolute Gasteiger partial charge is 0.323 e. The fraction of sp³-hybridized carbons (Fsp3) is 0.722. The third-order valence-corrected chi connectivity index (χ3v) is 6.35. The Kier molecular flexibility index (Phi) is 2.61. The lowest BCUT2D eigenvalue weighted by molar-refractivity contribution is -0.113. The maximum atomic E-state index is 6.76. The summed E-state index contributed by atoms with van der Waals surface area (Å²) in [5.41, 5.74) is 10.0. The first kappa shape index (κ1) is 12.8. The summed E-state index contributed by atoms with van der Waals surface area (Å²) in [6.45, 7) is 4.56. The smallest absolute Gasteiger partial charge is 0.0372 e. The Hall–Kier alpha value is -0.890. The fourth-order valence-electron chi connectivity index (χ4n) is 6.18. The summed E-state index contributed by atoms with van der Waals surface area (Å²) in [6.07, 6.45) is 10.4. The van der Waals surface area contributed by atoms with E-state index in [2.05, 4.69) is 24.0 Å². The molecule has 4 aliphatic rings. The highest BCUT2D eigenvalue weighted by molar-refractivity contribution is 5.22. The topological polar surface area (TPSA) is 38.9 Å². The third-order valence-electron chi connectivity index (χ3n) is 6.35. The van der Waals surface area contributed by atoms with Gasteiger partial charge in [0, 0.05) is 17.9 Å². The van der Waals surface area contributed by atoms with Gasteiger partial charge in [-0.25, -0.2) is 0 Å². The molecule has 0 spiro atoms. The van der Waals surface area contributed by atoms with E-state index < -0.39 is 0 Å². The normalized spacial score (nSPS) is 43.8. The second-order valence-corrected chi connectivity index (χ2v) is 8.34. The standard InChI is InChI=1S/C18H26N2/c1-12-3-4-15(10-20-12)16(19)18-8-13-5-14(9-18)7-17(2,6-13)11-18/h3-4,10,13-14,16H,5-9,11,19H2,1-2H3. The van der Waals surface area contributed by atoms with Crippen LogP contribution < -0.4 is 5.73 Å². The summed E-state index contributed by atoms with van der Waals surface area (Å²) in [5.74, 6) is 1.87. The van der Waals surface area contributed by atoms with Crippen molar-refractivity contribution >= 4 is 0 Å². The molecule has 5 rings (SSSR count). The van der Waals surface area contributed by atoms with Crippen LogP contribution in [-0.2, 0) is 0 Å². The molecule has 0 saturated heterocycles. The molecule has 2 heteroatoms. The summed E-state index contributed by atoms with van der Waals surface area (Å²) < 4.78 is 0. The molecule has 0 radical (unpaired) electrons. The zero-order valence-electron chi connectivity index (χ0n) is 12.7. The molecule has 4 fully saturated rings. The van der Waals surface area contributed by atoms with Crippen molar-refractivity contribution in [1.29, 1.82) is 0 Å². The van der Waals surface area contributed by atoms with Crippen molar-refractivity contribution in [3.63, 3.8) is 0 Å². The summed E-state index contributed by atoms with van der Waals surface area (Å²) in [7, 11) is 0. The first-order valence-corrected chi connectivity index (χ1v) is 8.16. The predicted octanol–water partition coefficient (Wildman–Crippen LogP) is 4.00. The van der Waals surface area contributed by atoms with Crippen LogP contribution in [0.25, 0.3) is 0 Å². The van der Waals surface area contributed by atoms with Crippen LogP contribution in [0.3, 0.4) is 0 Å². The monoisotopic (exact) mass is 270 g/mol. The third kappa shape index (κ3) is 1.84. The molecule has 4 bridgehead atoms. The van der Waals surface area contributed by atoms with E-state index in [9.17, 15) is 0 Å². The molecular formula is C18H26N2. The second kappa shape index (κ2) is 4.07. The van der Waals surface area contributed by atoms with Gasteiger partial charge in [0.25, 0.3) is 0 Å². The minimum Gasteiger partial charge on any atom is -0.323 e. The van der Waals surface area contributed by atoms with Gasteiger partial charge < -0.3 is 5.73 Å². The van der Waals surface area contributed by atoms with Gasteiger partial charge in [-0.1, -0.05) is 13.0 Å². The highest BCUT2D eigenvalue weighted by Gasteiger charge is 2.57. The van der Waals surface area contributed by atoms with E-state index in [0.29, 0.717) is 10.8 Å². The number of aromatic nitrogens is 1. The number of rotatable bonds is 2. The molecule has 4 aliphatic carbocycles. The summed E-state index contributed by atoms with van der Waals surface area (Å²) in [5, 5.41) is 0. The van der Waals surface area contributed by atoms with E-state index in [4.69, 9.17) is 5.73 Å². The number of nitrogens with two attached hydrogens (primary N) is 1. The van der Waals surface area contributed by atoms with E-state index in [-0.39, 0.29) is 6.04 Å². The van der Waals surface area contributed by atoms with Crippen molar-refractivity contribution in [2.75, 3.05) is 0 Å². The Bertz CT molecular complexity index is 505. The molecular weight excluding hydrogens is 244 g/mol. The van der Waals surface area contributed by atoms with Gasteiger partial charge in [0.2, 0.25) is 0 Å². The van der Waals surface area contributed by atoms with Gasteiger partial charge in [-0.2, -0.15) is 0 Å². The van der Waals surface area contributed by atoms with Crippen molar-refractivity contribution in [3.05, 3.63) is 29.6 Å². The number of nitrogens with zero attached hydrogens (tertiary/aromatic N) is 1. The van der Waals surface area contributed by atoms with Gasteiger partial charge >= 0.3 is 0 Å². The molecule has 3 unspecified atom stereocenters. The van der Waals surface area contributed by atoms with Crippen molar-refractivity contribution in [1.82, 2.24) is 4.98 Å². The summed E-state index contributed by atoms with van der Waals surface area (Å²) in [4.78, 5) is 4.47. The van der Waals surface area contributed by atoms with E-state index >= 15 is 0 Å². The van der Waals surface area contributed by atoms with Crippen LogP contribution in [-0.4, -0.2) is 4.98 Å². The van der Waals surface area contributed by atoms with Gasteiger partial charge in [0.1, 0.15) is 0 Å². The van der Waals surface area contributed by atoms with Crippen LogP contribution >= 0.6 is 0 Å². The van der Waals surface area contributed by atoms with Gasteiger partial charge in [-0.05, 0) is 79.7 Å². The number of aryl methyl sites for hydroxylation is 1. The van der Waals surface area contributed by atoms with Crippen LogP contribution in [0.1, 0.15) is 62.7 Å². The molecule has 1 aromatic rings. The second-order valence-electron chi connectivity index (χ2n) is 8.34. The minimum atomic E-state index is 0.181. The Balaban J connectivity index is 1.68. The zero-order valence-corrected chi connectivity index (χ0v) is 12.7. The van der Waals surface area contributed by atoms with Gasteiger partial charge in [0.05, 0.1) is 0 Å². The van der Waals surface area contributed by atoms with E-state index in [1.54, 1.807) is 0 Å². The molecule has 3 atom stereocenters. The SMILES string of the molecule is Cc1ccc(C(N)C23CC4CC(CC(C)(C4)C2)C3)cn1. The molecule has 1 heterocycles. The molecule has 1 aromatic heterocycles. The van der Waals surface area contributed by atoms with Gasteiger partial charge in [0.15, 0.2) is 0 Å². The van der Waals surface area contributed by atoms with Crippen molar-refractivity contribution < 1.29 is 0 Å². The van der Waals surface area contributed by atoms with Crippen LogP contribution in [0.5, 0.6) is 0 Å². The van der Waals surface area contributed by atoms with Crippen LogP contribution in [0.2, 0.25) is 0 Å². The molecule has 20 heavy (non-hydrogen) atoms. The van der Waals surface area contributed by atoms with E-state index in [1.165, 1.54) is 44.1 Å².